The van der Waals surface area contributed by atoms with E-state index in [1.165, 1.54) is 19.3 Å². The smallest absolute Gasteiger partial charge is 0.249 e. The average Bonchev–Trinajstić information content (AvgIpc) is 3.20. The molecule has 4 nitrogen and oxygen atoms in total. The second kappa shape index (κ2) is 4.72. The third kappa shape index (κ3) is 2.01. The molecule has 21 heavy (non-hydrogen) atoms. The number of rotatable bonds is 2. The number of hydrogen-bond acceptors (Lipinski definition) is 2. The third-order valence-corrected chi connectivity index (χ3v) is 6.22. The Kier molecular flexibility index (Phi) is 3.05. The molecule has 0 radical (unpaired) electrons. The van der Waals surface area contributed by atoms with Gasteiger partial charge in [-0.25, -0.2) is 0 Å². The number of hydrogen-bond donors (Lipinski definition) is 1. The Balaban J connectivity index is 1.69. The van der Waals surface area contributed by atoms with Gasteiger partial charge in [-0.3, -0.25) is 9.59 Å². The van der Waals surface area contributed by atoms with Crippen molar-refractivity contribution in [1.29, 1.82) is 0 Å². The van der Waals surface area contributed by atoms with Crippen LogP contribution in [0.2, 0.25) is 0 Å². The molecule has 2 amide bonds. The van der Waals surface area contributed by atoms with Crippen molar-refractivity contribution >= 4 is 11.8 Å². The molecule has 4 heteroatoms. The van der Waals surface area contributed by atoms with Crippen LogP contribution < -0.4 is 5.32 Å². The van der Waals surface area contributed by atoms with Gasteiger partial charge in [-0.1, -0.05) is 32.1 Å². The van der Waals surface area contributed by atoms with Crippen LogP contribution in [-0.2, 0) is 9.59 Å². The average molecular weight is 290 g/mol. The van der Waals surface area contributed by atoms with Crippen molar-refractivity contribution in [3.05, 3.63) is 0 Å². The molecule has 1 aliphatic heterocycles. The van der Waals surface area contributed by atoms with Gasteiger partial charge in [0.05, 0.1) is 0 Å². The van der Waals surface area contributed by atoms with Crippen LogP contribution in [0.4, 0.5) is 0 Å². The zero-order valence-electron chi connectivity index (χ0n) is 12.8. The van der Waals surface area contributed by atoms with Gasteiger partial charge >= 0.3 is 0 Å². The summed E-state index contributed by atoms with van der Waals surface area (Å²) in [7, 11) is 0. The van der Waals surface area contributed by atoms with Gasteiger partial charge in [0.15, 0.2) is 0 Å². The minimum absolute atomic E-state index is 0.157. The van der Waals surface area contributed by atoms with Gasteiger partial charge in [0.25, 0.3) is 0 Å². The summed E-state index contributed by atoms with van der Waals surface area (Å²) in [5, 5.41) is 3.20. The molecular weight excluding hydrogens is 264 g/mol. The summed E-state index contributed by atoms with van der Waals surface area (Å²) in [4.78, 5) is 28.3. The maximum Gasteiger partial charge on any atom is 0.249 e. The van der Waals surface area contributed by atoms with E-state index in [9.17, 15) is 9.59 Å². The van der Waals surface area contributed by atoms with Gasteiger partial charge < -0.3 is 10.2 Å². The number of carbonyl (C=O) groups is 2. The SMILES string of the molecule is O=C1N(CC2CC2)C2(CCCCC2)C(=O)NC12CCCC2. The fourth-order valence-electron chi connectivity index (χ4n) is 4.73. The number of amides is 2. The Labute approximate surface area is 126 Å². The molecule has 3 saturated carbocycles. The molecule has 4 aliphatic rings. The third-order valence-electron chi connectivity index (χ3n) is 6.22. The second-order valence-electron chi connectivity index (χ2n) is 7.69. The van der Waals surface area contributed by atoms with Crippen LogP contribution in [0.15, 0.2) is 0 Å². The molecule has 1 heterocycles. The highest BCUT2D eigenvalue weighted by molar-refractivity contribution is 6.02. The summed E-state index contributed by atoms with van der Waals surface area (Å²) in [6, 6.07) is 0. The molecule has 1 saturated heterocycles. The van der Waals surface area contributed by atoms with E-state index in [1.54, 1.807) is 0 Å². The van der Waals surface area contributed by atoms with Crippen molar-refractivity contribution < 1.29 is 9.59 Å². The molecule has 116 valence electrons. The minimum Gasteiger partial charge on any atom is -0.340 e. The lowest BCUT2D eigenvalue weighted by Crippen LogP contribution is -2.75. The minimum atomic E-state index is -0.547. The van der Waals surface area contributed by atoms with Crippen molar-refractivity contribution in [2.75, 3.05) is 6.54 Å². The van der Waals surface area contributed by atoms with Gasteiger partial charge in [0, 0.05) is 6.54 Å². The van der Waals surface area contributed by atoms with Crippen LogP contribution in [0.5, 0.6) is 0 Å². The van der Waals surface area contributed by atoms with Crippen molar-refractivity contribution in [2.24, 2.45) is 5.92 Å². The van der Waals surface area contributed by atoms with Crippen LogP contribution in [-0.4, -0.2) is 34.3 Å². The standard InChI is InChI=1S/C17H26N2O2/c20-14-17(10-2-1-3-11-17)19(12-13-6-7-13)15(21)16(18-14)8-4-5-9-16/h13H,1-12H2,(H,18,20). The maximum absolute atomic E-state index is 13.2. The largest absolute Gasteiger partial charge is 0.340 e. The number of nitrogens with zero attached hydrogens (tertiary/aromatic N) is 1. The quantitative estimate of drug-likeness (QED) is 0.849. The molecule has 1 N–H and O–H groups in total. The highest BCUT2D eigenvalue weighted by Crippen LogP contribution is 2.45. The zero-order valence-corrected chi connectivity index (χ0v) is 12.8. The Hall–Kier alpha value is -1.06. The van der Waals surface area contributed by atoms with Crippen LogP contribution in [0.25, 0.3) is 0 Å². The number of piperazine rings is 1. The van der Waals surface area contributed by atoms with E-state index < -0.39 is 11.1 Å². The molecule has 0 atom stereocenters. The maximum atomic E-state index is 13.2. The van der Waals surface area contributed by atoms with E-state index in [0.717, 1.165) is 57.9 Å². The van der Waals surface area contributed by atoms with E-state index in [1.807, 2.05) is 4.90 Å². The van der Waals surface area contributed by atoms with Crippen LogP contribution in [0.3, 0.4) is 0 Å². The van der Waals surface area contributed by atoms with Crippen molar-refractivity contribution in [2.45, 2.75) is 81.7 Å². The molecule has 0 aromatic heterocycles. The summed E-state index contributed by atoms with van der Waals surface area (Å²) in [6.07, 6.45) is 11.4. The Morgan fingerprint density at radius 2 is 1.57 bits per heavy atom. The molecule has 4 rings (SSSR count). The summed E-state index contributed by atoms with van der Waals surface area (Å²) in [6.45, 7) is 0.827. The van der Waals surface area contributed by atoms with Gasteiger partial charge in [0.2, 0.25) is 11.8 Å². The van der Waals surface area contributed by atoms with E-state index >= 15 is 0 Å². The van der Waals surface area contributed by atoms with Crippen LogP contribution in [0.1, 0.15) is 70.6 Å². The molecule has 2 spiro atoms. The predicted molar refractivity (Wildman–Crippen MR) is 79.6 cm³/mol. The Bertz CT molecular complexity index is 457. The first-order chi connectivity index (χ1) is 10.2. The predicted octanol–water partition coefficient (Wildman–Crippen LogP) is 2.37. The summed E-state index contributed by atoms with van der Waals surface area (Å²) < 4.78 is 0. The Morgan fingerprint density at radius 3 is 2.19 bits per heavy atom. The first-order valence-electron chi connectivity index (χ1n) is 8.81. The zero-order chi connectivity index (χ0) is 14.5. The monoisotopic (exact) mass is 290 g/mol. The topological polar surface area (TPSA) is 49.4 Å². The summed E-state index contributed by atoms with van der Waals surface area (Å²) in [5.74, 6) is 1.05. The lowest BCUT2D eigenvalue weighted by molar-refractivity contribution is -0.166. The van der Waals surface area contributed by atoms with Gasteiger partial charge in [-0.2, -0.15) is 0 Å². The van der Waals surface area contributed by atoms with Crippen molar-refractivity contribution in [3.8, 4) is 0 Å². The van der Waals surface area contributed by atoms with Crippen molar-refractivity contribution in [1.82, 2.24) is 10.2 Å². The fourth-order valence-corrected chi connectivity index (χ4v) is 4.73. The number of carbonyl (C=O) groups excluding carboxylic acids is 2. The van der Waals surface area contributed by atoms with E-state index in [4.69, 9.17) is 0 Å². The van der Waals surface area contributed by atoms with Gasteiger partial charge in [-0.15, -0.1) is 0 Å². The number of nitrogens with one attached hydrogen (secondary N) is 1. The molecule has 4 fully saturated rings. The molecular formula is C17H26N2O2. The van der Waals surface area contributed by atoms with Crippen molar-refractivity contribution in [3.63, 3.8) is 0 Å². The van der Waals surface area contributed by atoms with Gasteiger partial charge in [0.1, 0.15) is 11.1 Å². The summed E-state index contributed by atoms with van der Waals surface area (Å²) in [5.41, 5.74) is -1.06. The normalized spacial score (nSPS) is 31.0. The molecule has 0 bridgehead atoms. The van der Waals surface area contributed by atoms with Crippen LogP contribution in [0, 0.1) is 5.92 Å². The Morgan fingerprint density at radius 1 is 0.952 bits per heavy atom. The molecule has 3 aliphatic carbocycles. The second-order valence-corrected chi connectivity index (χ2v) is 7.69. The molecule has 0 aromatic rings. The van der Waals surface area contributed by atoms with Crippen LogP contribution >= 0.6 is 0 Å². The lowest BCUT2D eigenvalue weighted by atomic mass is 9.75. The first-order valence-corrected chi connectivity index (χ1v) is 8.81. The lowest BCUT2D eigenvalue weighted by Gasteiger charge is -2.53. The first kappa shape index (κ1) is 13.6. The van der Waals surface area contributed by atoms with Gasteiger partial charge in [-0.05, 0) is 44.4 Å². The highest BCUT2D eigenvalue weighted by Gasteiger charge is 2.59. The van der Waals surface area contributed by atoms with E-state index in [2.05, 4.69) is 5.32 Å². The highest BCUT2D eigenvalue weighted by atomic mass is 16.2. The van der Waals surface area contributed by atoms with E-state index in [-0.39, 0.29) is 11.8 Å². The molecule has 0 unspecified atom stereocenters. The summed E-state index contributed by atoms with van der Waals surface area (Å²) >= 11 is 0. The fraction of sp³-hybridized carbons (Fsp3) is 0.882. The molecule has 0 aromatic carbocycles. The van der Waals surface area contributed by atoms with E-state index in [0.29, 0.717) is 5.92 Å².